The lowest BCUT2D eigenvalue weighted by Gasteiger charge is -2.31. The van der Waals surface area contributed by atoms with E-state index in [0.29, 0.717) is 6.61 Å². The molecule has 0 bridgehead atoms. The van der Waals surface area contributed by atoms with E-state index in [-0.39, 0.29) is 6.54 Å². The van der Waals surface area contributed by atoms with Gasteiger partial charge in [0, 0.05) is 6.54 Å². The van der Waals surface area contributed by atoms with Gasteiger partial charge in [-0.15, -0.1) is 0 Å². The number of amides is 1. The third kappa shape index (κ3) is 3.79. The molecule has 0 saturated carbocycles. The Morgan fingerprint density at radius 3 is 2.58 bits per heavy atom. The standard InChI is InChI=1S/C19H19F2NO2/c20-17(21)13-22(12-14-6-2-1-3-7-14)19(23)18-16-9-5-4-8-15(16)10-11-24-18/h1-9,17-18H,10-13H2. The maximum absolute atomic E-state index is 13.0. The molecule has 24 heavy (non-hydrogen) atoms. The van der Waals surface area contributed by atoms with Gasteiger partial charge in [-0.2, -0.15) is 0 Å². The number of halogens is 2. The first kappa shape index (κ1) is 16.6. The highest BCUT2D eigenvalue weighted by atomic mass is 19.3. The molecule has 126 valence electrons. The summed E-state index contributed by atoms with van der Waals surface area (Å²) in [5, 5.41) is 0. The second-order valence-corrected chi connectivity index (χ2v) is 5.80. The van der Waals surface area contributed by atoms with Gasteiger partial charge in [0.2, 0.25) is 0 Å². The molecule has 0 saturated heterocycles. The molecule has 1 heterocycles. The topological polar surface area (TPSA) is 29.5 Å². The molecule has 5 heteroatoms. The number of rotatable bonds is 5. The molecule has 3 nitrogen and oxygen atoms in total. The van der Waals surface area contributed by atoms with Crippen molar-refractivity contribution >= 4 is 5.91 Å². The first-order chi connectivity index (χ1) is 11.6. The van der Waals surface area contributed by atoms with E-state index in [1.807, 2.05) is 54.6 Å². The Labute approximate surface area is 139 Å². The Kier molecular flexibility index (Phi) is 5.20. The molecular weight excluding hydrogens is 312 g/mol. The van der Waals surface area contributed by atoms with E-state index in [1.54, 1.807) is 0 Å². The van der Waals surface area contributed by atoms with E-state index in [9.17, 15) is 13.6 Å². The number of nitrogens with zero attached hydrogens (tertiary/aromatic N) is 1. The number of benzene rings is 2. The van der Waals surface area contributed by atoms with Gasteiger partial charge < -0.3 is 9.64 Å². The molecule has 0 aliphatic carbocycles. The molecule has 2 aromatic carbocycles. The molecule has 0 N–H and O–H groups in total. The largest absolute Gasteiger partial charge is 0.363 e. The molecule has 0 aromatic heterocycles. The molecular formula is C19H19F2NO2. The Bertz CT molecular complexity index is 691. The van der Waals surface area contributed by atoms with Gasteiger partial charge in [-0.25, -0.2) is 8.78 Å². The van der Waals surface area contributed by atoms with Crippen LogP contribution >= 0.6 is 0 Å². The Morgan fingerprint density at radius 1 is 1.12 bits per heavy atom. The average molecular weight is 331 g/mol. The van der Waals surface area contributed by atoms with Crippen molar-refractivity contribution < 1.29 is 18.3 Å². The molecule has 0 fully saturated rings. The summed E-state index contributed by atoms with van der Waals surface area (Å²) >= 11 is 0. The van der Waals surface area contributed by atoms with Crippen molar-refractivity contribution in [1.82, 2.24) is 4.90 Å². The summed E-state index contributed by atoms with van der Waals surface area (Å²) < 4.78 is 31.6. The molecule has 3 rings (SSSR count). The third-order valence-corrected chi connectivity index (χ3v) is 4.10. The first-order valence-corrected chi connectivity index (χ1v) is 7.95. The smallest absolute Gasteiger partial charge is 0.256 e. The fraction of sp³-hybridized carbons (Fsp3) is 0.316. The Hall–Kier alpha value is -2.27. The zero-order valence-electron chi connectivity index (χ0n) is 13.2. The van der Waals surface area contributed by atoms with E-state index < -0.39 is 25.0 Å². The lowest BCUT2D eigenvalue weighted by atomic mass is 9.96. The monoisotopic (exact) mass is 331 g/mol. The molecule has 1 unspecified atom stereocenters. The molecule has 0 radical (unpaired) electrons. The SMILES string of the molecule is O=C(C1OCCc2ccccc21)N(Cc1ccccc1)CC(F)F. The van der Waals surface area contributed by atoms with Gasteiger partial charge in [-0.05, 0) is 23.1 Å². The van der Waals surface area contributed by atoms with Gasteiger partial charge in [0.05, 0.1) is 13.2 Å². The third-order valence-electron chi connectivity index (χ3n) is 4.10. The van der Waals surface area contributed by atoms with E-state index in [1.165, 1.54) is 4.90 Å². The molecule has 0 spiro atoms. The number of hydrogen-bond donors (Lipinski definition) is 0. The summed E-state index contributed by atoms with van der Waals surface area (Å²) in [4.78, 5) is 14.1. The minimum absolute atomic E-state index is 0.145. The molecule has 1 aliphatic rings. The van der Waals surface area contributed by atoms with Crippen molar-refractivity contribution in [3.8, 4) is 0 Å². The van der Waals surface area contributed by atoms with Crippen LogP contribution in [0.1, 0.15) is 22.8 Å². The van der Waals surface area contributed by atoms with E-state index in [0.717, 1.165) is 23.1 Å². The summed E-state index contributed by atoms with van der Waals surface area (Å²) in [5.41, 5.74) is 2.63. The van der Waals surface area contributed by atoms with Gasteiger partial charge >= 0.3 is 0 Å². The van der Waals surface area contributed by atoms with Crippen molar-refractivity contribution in [3.05, 3.63) is 71.3 Å². The van der Waals surface area contributed by atoms with Gasteiger partial charge in [-0.1, -0.05) is 54.6 Å². The highest BCUT2D eigenvalue weighted by Crippen LogP contribution is 2.29. The fourth-order valence-electron chi connectivity index (χ4n) is 2.97. The van der Waals surface area contributed by atoms with Gasteiger partial charge in [-0.3, -0.25) is 4.79 Å². The highest BCUT2D eigenvalue weighted by Gasteiger charge is 2.32. The van der Waals surface area contributed by atoms with Crippen molar-refractivity contribution in [1.29, 1.82) is 0 Å². The Morgan fingerprint density at radius 2 is 1.83 bits per heavy atom. The summed E-state index contributed by atoms with van der Waals surface area (Å²) in [6.45, 7) is -0.0386. The molecule has 1 atom stereocenters. The van der Waals surface area contributed by atoms with Gasteiger partial charge in [0.15, 0.2) is 6.10 Å². The summed E-state index contributed by atoms with van der Waals surface area (Å²) in [7, 11) is 0. The zero-order chi connectivity index (χ0) is 16.9. The van der Waals surface area contributed by atoms with Gasteiger partial charge in [0.1, 0.15) is 0 Å². The van der Waals surface area contributed by atoms with Crippen molar-refractivity contribution in [2.75, 3.05) is 13.2 Å². The van der Waals surface area contributed by atoms with Gasteiger partial charge in [0.25, 0.3) is 12.3 Å². The lowest BCUT2D eigenvalue weighted by Crippen LogP contribution is -2.40. The fourth-order valence-corrected chi connectivity index (χ4v) is 2.97. The van der Waals surface area contributed by atoms with Crippen LogP contribution in [0.15, 0.2) is 54.6 Å². The average Bonchev–Trinajstić information content (AvgIpc) is 2.60. The first-order valence-electron chi connectivity index (χ1n) is 7.95. The molecule has 2 aromatic rings. The van der Waals surface area contributed by atoms with E-state index >= 15 is 0 Å². The second-order valence-electron chi connectivity index (χ2n) is 5.80. The van der Waals surface area contributed by atoms with Crippen LogP contribution in [-0.2, 0) is 22.5 Å². The molecule has 1 aliphatic heterocycles. The van der Waals surface area contributed by atoms with Crippen LogP contribution in [0.25, 0.3) is 0 Å². The van der Waals surface area contributed by atoms with Crippen LogP contribution in [0.5, 0.6) is 0 Å². The normalized spacial score (nSPS) is 16.7. The number of carbonyl (C=O) groups excluding carboxylic acids is 1. The maximum Gasteiger partial charge on any atom is 0.256 e. The maximum atomic E-state index is 13.0. The molecule has 1 amide bonds. The van der Waals surface area contributed by atoms with Crippen LogP contribution in [0.3, 0.4) is 0 Å². The number of carbonyl (C=O) groups is 1. The van der Waals surface area contributed by atoms with Crippen LogP contribution in [0.2, 0.25) is 0 Å². The van der Waals surface area contributed by atoms with Crippen molar-refractivity contribution in [2.45, 2.75) is 25.5 Å². The number of fused-ring (bicyclic) bond motifs is 1. The summed E-state index contributed by atoms with van der Waals surface area (Å²) in [6, 6.07) is 16.7. The number of ether oxygens (including phenoxy) is 1. The minimum atomic E-state index is -2.59. The van der Waals surface area contributed by atoms with E-state index in [2.05, 4.69) is 0 Å². The summed E-state index contributed by atoms with van der Waals surface area (Å²) in [5.74, 6) is -0.411. The second kappa shape index (κ2) is 7.53. The van der Waals surface area contributed by atoms with Crippen molar-refractivity contribution in [2.24, 2.45) is 0 Å². The predicted molar refractivity (Wildman–Crippen MR) is 86.7 cm³/mol. The Balaban J connectivity index is 1.84. The predicted octanol–water partition coefficient (Wildman–Crippen LogP) is 3.59. The van der Waals surface area contributed by atoms with Crippen LogP contribution in [0, 0.1) is 0 Å². The van der Waals surface area contributed by atoms with E-state index in [4.69, 9.17) is 4.74 Å². The lowest BCUT2D eigenvalue weighted by molar-refractivity contribution is -0.147. The quantitative estimate of drug-likeness (QED) is 0.838. The van der Waals surface area contributed by atoms with Crippen LogP contribution in [-0.4, -0.2) is 30.4 Å². The number of hydrogen-bond acceptors (Lipinski definition) is 2. The number of alkyl halides is 2. The van der Waals surface area contributed by atoms with Crippen molar-refractivity contribution in [3.63, 3.8) is 0 Å². The van der Waals surface area contributed by atoms with Crippen LogP contribution in [0.4, 0.5) is 8.78 Å². The highest BCUT2D eigenvalue weighted by molar-refractivity contribution is 5.83. The zero-order valence-corrected chi connectivity index (χ0v) is 13.2. The van der Waals surface area contributed by atoms with Crippen LogP contribution < -0.4 is 0 Å². The minimum Gasteiger partial charge on any atom is -0.363 e. The summed E-state index contributed by atoms with van der Waals surface area (Å²) in [6.07, 6.45) is -2.66.